The van der Waals surface area contributed by atoms with E-state index in [1.165, 1.54) is 12.1 Å². The summed E-state index contributed by atoms with van der Waals surface area (Å²) in [4.78, 5) is 30.4. The Hall–Kier alpha value is -3.38. The lowest BCUT2D eigenvalue weighted by molar-refractivity contribution is -0.134. The highest BCUT2D eigenvalue weighted by Gasteiger charge is 2.15. The second-order valence-corrected chi connectivity index (χ2v) is 9.66. The van der Waals surface area contributed by atoms with Crippen LogP contribution in [0.2, 0.25) is 0 Å². The van der Waals surface area contributed by atoms with Gasteiger partial charge in [-0.3, -0.25) is 18.8 Å². The topological polar surface area (TPSA) is 126 Å². The molecule has 1 N–H and O–H groups in total. The van der Waals surface area contributed by atoms with Gasteiger partial charge in [-0.2, -0.15) is 8.42 Å². The molecule has 10 nitrogen and oxygen atoms in total. The van der Waals surface area contributed by atoms with E-state index in [0.29, 0.717) is 25.9 Å². The summed E-state index contributed by atoms with van der Waals surface area (Å²) in [6.07, 6.45) is 11.8. The Morgan fingerprint density at radius 3 is 2.05 bits per heavy atom. The monoisotopic (exact) mass is 563 g/mol. The Morgan fingerprint density at radius 1 is 1.03 bits per heavy atom. The van der Waals surface area contributed by atoms with Gasteiger partial charge in [0.1, 0.15) is 13.2 Å². The van der Waals surface area contributed by atoms with Crippen molar-refractivity contribution in [3.63, 3.8) is 0 Å². The van der Waals surface area contributed by atoms with Gasteiger partial charge in [0.2, 0.25) is 11.8 Å². The zero-order valence-electron chi connectivity index (χ0n) is 23.4. The SMILES string of the molecule is C#CCN(CCN(CCO)C(=O)CC)C(=O)CC.C#CCOS(=O)(=O)c1ccc(C)cc1.CCC1=NCCO1. The second kappa shape index (κ2) is 20.6. The smallest absolute Gasteiger partial charge is 0.297 e. The van der Waals surface area contributed by atoms with Gasteiger partial charge in [-0.25, -0.2) is 0 Å². The fraction of sp³-hybridized carbons (Fsp3) is 0.536. The standard InChI is InChI=1S/C13H22N2O3.C10H10O3S.C5H9NO/c1-4-7-14(12(17)5-2)8-9-15(10-11-16)13(18)6-3;1-3-8-13-14(11,12)10-6-4-9(2)5-7-10;1-2-5-6-3-4-7-5/h1,16H,5-11H2,2-3H3;1,4-7H,8H2,2H3;2-4H2,1H3. The minimum absolute atomic E-state index is 0.0270. The number of aliphatic hydroxyl groups is 1. The van der Waals surface area contributed by atoms with Crippen molar-refractivity contribution in [3.05, 3.63) is 29.8 Å². The first-order valence-electron chi connectivity index (χ1n) is 12.7. The summed E-state index contributed by atoms with van der Waals surface area (Å²) in [5, 5.41) is 8.90. The summed E-state index contributed by atoms with van der Waals surface area (Å²) in [7, 11) is -3.68. The Balaban J connectivity index is 0.000000604. The molecule has 216 valence electrons. The van der Waals surface area contributed by atoms with Crippen molar-refractivity contribution in [3.8, 4) is 24.7 Å². The molecule has 0 aliphatic carbocycles. The molecule has 0 bridgehead atoms. The van der Waals surface area contributed by atoms with Crippen LogP contribution < -0.4 is 0 Å². The molecule has 39 heavy (non-hydrogen) atoms. The zero-order valence-corrected chi connectivity index (χ0v) is 24.2. The van der Waals surface area contributed by atoms with Gasteiger partial charge in [-0.05, 0) is 19.1 Å². The molecule has 0 saturated carbocycles. The predicted octanol–water partition coefficient (Wildman–Crippen LogP) is 2.25. The van der Waals surface area contributed by atoms with Gasteiger partial charge in [0.25, 0.3) is 10.1 Å². The first-order chi connectivity index (χ1) is 18.6. The highest BCUT2D eigenvalue weighted by Crippen LogP contribution is 2.12. The molecule has 1 aliphatic heterocycles. The number of carbonyl (C=O) groups excluding carboxylic acids is 2. The minimum atomic E-state index is -3.68. The van der Waals surface area contributed by atoms with E-state index in [4.69, 9.17) is 22.7 Å². The number of nitrogens with zero attached hydrogens (tertiary/aromatic N) is 3. The van der Waals surface area contributed by atoms with Crippen LogP contribution in [0, 0.1) is 31.6 Å². The lowest BCUT2D eigenvalue weighted by Crippen LogP contribution is -2.42. The molecule has 1 aromatic carbocycles. The van der Waals surface area contributed by atoms with E-state index < -0.39 is 10.1 Å². The molecule has 1 aromatic rings. The van der Waals surface area contributed by atoms with Gasteiger partial charge in [-0.1, -0.05) is 50.3 Å². The normalized spacial score (nSPS) is 11.7. The molecule has 0 atom stereocenters. The molecule has 0 saturated heterocycles. The number of rotatable bonds is 12. The van der Waals surface area contributed by atoms with E-state index in [2.05, 4.69) is 21.0 Å². The van der Waals surface area contributed by atoms with Crippen LogP contribution in [0.4, 0.5) is 0 Å². The summed E-state index contributed by atoms with van der Waals surface area (Å²) in [6, 6.07) is 6.38. The summed E-state index contributed by atoms with van der Waals surface area (Å²) in [5.74, 6) is 5.39. The number of carbonyl (C=O) groups is 2. The third-order valence-electron chi connectivity index (χ3n) is 5.16. The maximum atomic E-state index is 11.6. The highest BCUT2D eigenvalue weighted by molar-refractivity contribution is 7.86. The summed E-state index contributed by atoms with van der Waals surface area (Å²) in [6.45, 7) is 10.1. The van der Waals surface area contributed by atoms with Crippen molar-refractivity contribution < 1.29 is 32.0 Å². The van der Waals surface area contributed by atoms with Crippen LogP contribution in [0.15, 0.2) is 34.2 Å². The number of hydrogen-bond donors (Lipinski definition) is 1. The van der Waals surface area contributed by atoms with Crippen LogP contribution in [0.25, 0.3) is 0 Å². The molecule has 0 radical (unpaired) electrons. The van der Waals surface area contributed by atoms with E-state index in [0.717, 1.165) is 31.0 Å². The highest BCUT2D eigenvalue weighted by atomic mass is 32.2. The largest absolute Gasteiger partial charge is 0.479 e. The van der Waals surface area contributed by atoms with Crippen molar-refractivity contribution in [1.29, 1.82) is 0 Å². The molecular weight excluding hydrogens is 522 g/mol. The number of aliphatic imine (C=N–C) groups is 1. The van der Waals surface area contributed by atoms with E-state index >= 15 is 0 Å². The molecular formula is C28H41N3O7S. The molecule has 0 unspecified atom stereocenters. The van der Waals surface area contributed by atoms with Crippen molar-refractivity contribution in [2.45, 2.75) is 51.9 Å². The second-order valence-electron chi connectivity index (χ2n) is 8.04. The van der Waals surface area contributed by atoms with E-state index in [-0.39, 0.29) is 43.0 Å². The Kier molecular flexibility index (Phi) is 18.8. The third kappa shape index (κ3) is 15.0. The molecule has 0 spiro atoms. The molecule has 2 amide bonds. The van der Waals surface area contributed by atoms with Crippen LogP contribution in [0.1, 0.15) is 45.6 Å². The number of amides is 2. The number of hydrogen-bond acceptors (Lipinski definition) is 8. The van der Waals surface area contributed by atoms with Crippen LogP contribution in [-0.2, 0) is 28.6 Å². The lowest BCUT2D eigenvalue weighted by atomic mass is 10.2. The maximum Gasteiger partial charge on any atom is 0.297 e. The van der Waals surface area contributed by atoms with Crippen LogP contribution >= 0.6 is 0 Å². The van der Waals surface area contributed by atoms with Gasteiger partial charge in [0.05, 0.1) is 24.6 Å². The van der Waals surface area contributed by atoms with Crippen LogP contribution in [0.3, 0.4) is 0 Å². The third-order valence-corrected chi connectivity index (χ3v) is 6.44. The molecule has 11 heteroatoms. The fourth-order valence-corrected chi connectivity index (χ4v) is 3.88. The van der Waals surface area contributed by atoms with Crippen LogP contribution in [0.5, 0.6) is 0 Å². The van der Waals surface area contributed by atoms with Gasteiger partial charge >= 0.3 is 0 Å². The van der Waals surface area contributed by atoms with E-state index in [9.17, 15) is 18.0 Å². The van der Waals surface area contributed by atoms with Gasteiger partial charge in [0, 0.05) is 38.9 Å². The molecule has 0 aromatic heterocycles. The Morgan fingerprint density at radius 2 is 1.62 bits per heavy atom. The summed E-state index contributed by atoms with van der Waals surface area (Å²) < 4.78 is 32.4. The number of aliphatic hydroxyl groups excluding tert-OH is 1. The Labute approximate surface area is 233 Å². The van der Waals surface area contributed by atoms with Gasteiger partial charge in [-0.15, -0.1) is 12.8 Å². The zero-order chi connectivity index (χ0) is 29.7. The van der Waals surface area contributed by atoms with Gasteiger partial charge in [0.15, 0.2) is 5.90 Å². The van der Waals surface area contributed by atoms with Crippen LogP contribution in [-0.4, -0.2) is 93.6 Å². The quantitative estimate of drug-likeness (QED) is 0.305. The predicted molar refractivity (Wildman–Crippen MR) is 151 cm³/mol. The average Bonchev–Trinajstić information content (AvgIpc) is 3.48. The molecule has 1 heterocycles. The summed E-state index contributed by atoms with van der Waals surface area (Å²) >= 11 is 0. The van der Waals surface area contributed by atoms with Crippen molar-refractivity contribution in [1.82, 2.24) is 9.80 Å². The van der Waals surface area contributed by atoms with E-state index in [1.54, 1.807) is 35.8 Å². The minimum Gasteiger partial charge on any atom is -0.479 e. The average molecular weight is 564 g/mol. The number of terminal acetylenes is 2. The number of aryl methyl sites for hydroxylation is 1. The lowest BCUT2D eigenvalue weighted by Gasteiger charge is -2.26. The molecule has 1 aliphatic rings. The summed E-state index contributed by atoms with van der Waals surface area (Å²) in [5.41, 5.74) is 0.987. The van der Waals surface area contributed by atoms with Crippen molar-refractivity contribution in [2.75, 3.05) is 52.5 Å². The first kappa shape index (κ1) is 35.6. The van der Waals surface area contributed by atoms with Crippen molar-refractivity contribution in [2.24, 2.45) is 4.99 Å². The number of benzene rings is 1. The van der Waals surface area contributed by atoms with E-state index in [1.807, 2.05) is 13.8 Å². The fourth-order valence-electron chi connectivity index (χ4n) is 3.05. The molecule has 2 rings (SSSR count). The van der Waals surface area contributed by atoms with Crippen molar-refractivity contribution >= 4 is 27.8 Å². The Bertz CT molecular complexity index is 1090. The molecule has 0 fully saturated rings. The first-order valence-corrected chi connectivity index (χ1v) is 14.2. The van der Waals surface area contributed by atoms with Gasteiger partial charge < -0.3 is 19.6 Å². The maximum absolute atomic E-state index is 11.6. The number of ether oxygens (including phenoxy) is 1.